The van der Waals surface area contributed by atoms with Gasteiger partial charge in [-0.05, 0) is 33.6 Å². The molecule has 1 aromatic rings. The van der Waals surface area contributed by atoms with Crippen molar-refractivity contribution in [3.63, 3.8) is 0 Å². The lowest BCUT2D eigenvalue weighted by Crippen LogP contribution is -2.38. The molecule has 0 amide bonds. The molecule has 0 aromatic carbocycles. The zero-order chi connectivity index (χ0) is 15.4. The van der Waals surface area contributed by atoms with E-state index in [0.29, 0.717) is 12.4 Å². The van der Waals surface area contributed by atoms with Crippen molar-refractivity contribution >= 4 is 5.82 Å². The Hall–Kier alpha value is -1.36. The largest absolute Gasteiger partial charge is 0.396 e. The number of hydrogen-bond acceptors (Lipinski definition) is 4. The van der Waals surface area contributed by atoms with Crippen molar-refractivity contribution in [2.24, 2.45) is 5.41 Å². The number of aromatic nitrogens is 2. The van der Waals surface area contributed by atoms with Crippen LogP contribution in [0, 0.1) is 5.41 Å². The molecular formula is C15H27N3O2. The molecule has 0 saturated heterocycles. The number of nitrogens with one attached hydrogen (secondary N) is 1. The summed E-state index contributed by atoms with van der Waals surface area (Å²) >= 11 is 0. The highest BCUT2D eigenvalue weighted by molar-refractivity contribution is 5.31. The summed E-state index contributed by atoms with van der Waals surface area (Å²) in [6.45, 7) is 10.7. The van der Waals surface area contributed by atoms with Gasteiger partial charge in [-0.2, -0.15) is 0 Å². The molecule has 114 valence electrons. The molecule has 1 aromatic heterocycles. The summed E-state index contributed by atoms with van der Waals surface area (Å²) in [6, 6.07) is 0. The van der Waals surface area contributed by atoms with Gasteiger partial charge in [0.1, 0.15) is 0 Å². The minimum Gasteiger partial charge on any atom is -0.396 e. The van der Waals surface area contributed by atoms with E-state index in [9.17, 15) is 9.90 Å². The molecule has 0 aliphatic rings. The minimum absolute atomic E-state index is 0.104. The van der Waals surface area contributed by atoms with Crippen LogP contribution in [0.4, 0.5) is 5.82 Å². The summed E-state index contributed by atoms with van der Waals surface area (Å²) in [7, 11) is 0. The van der Waals surface area contributed by atoms with Crippen molar-refractivity contribution in [2.45, 2.75) is 53.0 Å². The minimum atomic E-state index is -0.278. The lowest BCUT2D eigenvalue weighted by molar-refractivity contribution is 0.127. The zero-order valence-electron chi connectivity index (χ0n) is 13.2. The first-order valence-corrected chi connectivity index (χ1v) is 7.22. The second-order valence-electron chi connectivity index (χ2n) is 6.34. The van der Waals surface area contributed by atoms with Crippen LogP contribution in [0.25, 0.3) is 0 Å². The van der Waals surface area contributed by atoms with E-state index in [4.69, 9.17) is 0 Å². The lowest BCUT2D eigenvalue weighted by Gasteiger charge is -2.30. The lowest BCUT2D eigenvalue weighted by atomic mass is 9.83. The maximum atomic E-state index is 12.4. The van der Waals surface area contributed by atoms with Gasteiger partial charge in [-0.1, -0.05) is 13.8 Å². The van der Waals surface area contributed by atoms with E-state index in [1.54, 1.807) is 17.0 Å². The van der Waals surface area contributed by atoms with Crippen LogP contribution in [0.2, 0.25) is 0 Å². The van der Waals surface area contributed by atoms with Crippen molar-refractivity contribution in [1.29, 1.82) is 0 Å². The highest BCUT2D eigenvalue weighted by atomic mass is 16.3. The summed E-state index contributed by atoms with van der Waals surface area (Å²) in [5.41, 5.74) is -0.602. The Balaban J connectivity index is 2.98. The van der Waals surface area contributed by atoms with Crippen LogP contribution in [0.1, 0.15) is 47.5 Å². The van der Waals surface area contributed by atoms with Gasteiger partial charge in [0.15, 0.2) is 5.82 Å². The fraction of sp³-hybridized carbons (Fsp3) is 0.733. The number of aliphatic hydroxyl groups excluding tert-OH is 1. The van der Waals surface area contributed by atoms with Gasteiger partial charge in [-0.15, -0.1) is 0 Å². The first-order chi connectivity index (χ1) is 9.29. The van der Waals surface area contributed by atoms with E-state index in [1.807, 2.05) is 34.6 Å². The molecular weight excluding hydrogens is 254 g/mol. The normalized spacial score (nSPS) is 12.5. The van der Waals surface area contributed by atoms with Gasteiger partial charge in [0, 0.05) is 29.9 Å². The van der Waals surface area contributed by atoms with Gasteiger partial charge in [-0.25, -0.2) is 4.98 Å². The van der Waals surface area contributed by atoms with Crippen LogP contribution in [0.15, 0.2) is 17.2 Å². The fourth-order valence-electron chi connectivity index (χ4n) is 2.11. The Bertz CT molecular complexity index is 476. The molecule has 1 rings (SSSR count). The van der Waals surface area contributed by atoms with Crippen LogP contribution < -0.4 is 10.9 Å². The summed E-state index contributed by atoms with van der Waals surface area (Å²) in [5.74, 6) is 0.349. The Morgan fingerprint density at radius 1 is 1.30 bits per heavy atom. The predicted octanol–water partition coefficient (Wildman–Crippen LogP) is 2.21. The predicted molar refractivity (Wildman–Crippen MR) is 82.1 cm³/mol. The van der Waals surface area contributed by atoms with E-state index in [2.05, 4.69) is 10.3 Å². The second-order valence-corrected chi connectivity index (χ2v) is 6.34. The first kappa shape index (κ1) is 16.7. The molecule has 0 fully saturated rings. The molecule has 0 unspecified atom stereocenters. The van der Waals surface area contributed by atoms with E-state index in [0.717, 1.165) is 12.8 Å². The average molecular weight is 281 g/mol. The van der Waals surface area contributed by atoms with Crippen LogP contribution in [-0.2, 0) is 5.54 Å². The van der Waals surface area contributed by atoms with Gasteiger partial charge in [0.25, 0.3) is 5.56 Å². The van der Waals surface area contributed by atoms with Gasteiger partial charge in [0.05, 0.1) is 6.61 Å². The van der Waals surface area contributed by atoms with Crippen molar-refractivity contribution in [3.05, 3.63) is 22.7 Å². The summed E-state index contributed by atoms with van der Waals surface area (Å²) < 4.78 is 1.67. The highest BCUT2D eigenvalue weighted by Gasteiger charge is 2.26. The maximum absolute atomic E-state index is 12.4. The van der Waals surface area contributed by atoms with Crippen LogP contribution >= 0.6 is 0 Å². The molecule has 20 heavy (non-hydrogen) atoms. The van der Waals surface area contributed by atoms with Crippen LogP contribution in [-0.4, -0.2) is 27.8 Å². The number of hydrogen-bond donors (Lipinski definition) is 2. The number of anilines is 1. The molecule has 0 aliphatic heterocycles. The number of rotatable bonds is 6. The molecule has 0 saturated carbocycles. The quantitative estimate of drug-likeness (QED) is 0.839. The third-order valence-electron chi connectivity index (χ3n) is 4.03. The van der Waals surface area contributed by atoms with Gasteiger partial charge in [-0.3, -0.25) is 4.79 Å². The number of aliphatic hydroxyl groups is 1. The van der Waals surface area contributed by atoms with Crippen molar-refractivity contribution in [2.75, 3.05) is 18.5 Å². The second kappa shape index (κ2) is 6.39. The van der Waals surface area contributed by atoms with E-state index < -0.39 is 0 Å². The SMILES string of the molecule is CCC(CC)(CO)CNc1nccn(C(C)(C)C)c1=O. The van der Waals surface area contributed by atoms with E-state index in [1.165, 1.54) is 0 Å². The van der Waals surface area contributed by atoms with Crippen LogP contribution in [0.3, 0.4) is 0 Å². The van der Waals surface area contributed by atoms with Gasteiger partial charge < -0.3 is 15.0 Å². The third kappa shape index (κ3) is 3.60. The zero-order valence-corrected chi connectivity index (χ0v) is 13.2. The van der Waals surface area contributed by atoms with Crippen molar-refractivity contribution in [1.82, 2.24) is 9.55 Å². The molecule has 0 bridgehead atoms. The highest BCUT2D eigenvalue weighted by Crippen LogP contribution is 2.25. The Kier molecular flexibility index (Phi) is 5.34. The molecule has 0 atom stereocenters. The van der Waals surface area contributed by atoms with Crippen LogP contribution in [0.5, 0.6) is 0 Å². The number of nitrogens with zero attached hydrogens (tertiary/aromatic N) is 2. The molecule has 1 heterocycles. The van der Waals surface area contributed by atoms with Crippen molar-refractivity contribution < 1.29 is 5.11 Å². The van der Waals surface area contributed by atoms with Gasteiger partial charge >= 0.3 is 0 Å². The maximum Gasteiger partial charge on any atom is 0.293 e. The standard InChI is InChI=1S/C15H27N3O2/c1-6-15(7-2,11-19)10-17-12-13(20)18(9-8-16-12)14(3,4)5/h8-9,19H,6-7,10-11H2,1-5H3,(H,16,17). The Labute approximate surface area is 121 Å². The molecule has 5 nitrogen and oxygen atoms in total. The monoisotopic (exact) mass is 281 g/mol. The van der Waals surface area contributed by atoms with E-state index in [-0.39, 0.29) is 23.1 Å². The smallest absolute Gasteiger partial charge is 0.293 e. The van der Waals surface area contributed by atoms with Crippen molar-refractivity contribution in [3.8, 4) is 0 Å². The molecule has 2 N–H and O–H groups in total. The molecule has 0 radical (unpaired) electrons. The third-order valence-corrected chi connectivity index (χ3v) is 4.03. The Morgan fingerprint density at radius 3 is 2.35 bits per heavy atom. The van der Waals surface area contributed by atoms with Gasteiger partial charge in [0.2, 0.25) is 0 Å². The average Bonchev–Trinajstić information content (AvgIpc) is 2.41. The fourth-order valence-corrected chi connectivity index (χ4v) is 2.11. The Morgan fingerprint density at radius 2 is 1.90 bits per heavy atom. The summed E-state index contributed by atoms with van der Waals surface area (Å²) in [5, 5.41) is 12.7. The first-order valence-electron chi connectivity index (χ1n) is 7.22. The van der Waals surface area contributed by atoms with E-state index >= 15 is 0 Å². The summed E-state index contributed by atoms with van der Waals surface area (Å²) in [4.78, 5) is 16.5. The molecule has 0 spiro atoms. The summed E-state index contributed by atoms with van der Waals surface area (Å²) in [6.07, 6.45) is 5.04. The molecule has 0 aliphatic carbocycles. The topological polar surface area (TPSA) is 67.2 Å². The molecule has 5 heteroatoms.